The van der Waals surface area contributed by atoms with Crippen molar-refractivity contribution in [3.8, 4) is 17.2 Å². The normalized spacial score (nSPS) is 16.2. The van der Waals surface area contributed by atoms with Crippen LogP contribution in [0, 0.1) is 0 Å². The average Bonchev–Trinajstić information content (AvgIpc) is 2.78. The van der Waals surface area contributed by atoms with E-state index in [0.717, 1.165) is 24.2 Å². The lowest BCUT2D eigenvalue weighted by Crippen LogP contribution is -2.44. The van der Waals surface area contributed by atoms with E-state index in [-0.39, 0.29) is 22.6 Å². The fourth-order valence-electron chi connectivity index (χ4n) is 3.58. The molecule has 29 heavy (non-hydrogen) atoms. The number of methoxy groups -OCH3 is 3. The summed E-state index contributed by atoms with van der Waals surface area (Å²) >= 11 is 0. The van der Waals surface area contributed by atoms with Crippen LogP contribution in [0.15, 0.2) is 47.4 Å². The highest BCUT2D eigenvalue weighted by Crippen LogP contribution is 2.36. The Morgan fingerprint density at radius 2 is 1.55 bits per heavy atom. The third-order valence-corrected chi connectivity index (χ3v) is 6.84. The van der Waals surface area contributed by atoms with Crippen LogP contribution < -0.4 is 18.9 Å². The molecule has 0 radical (unpaired) electrons. The molecular formula is C21H27NO6S. The van der Waals surface area contributed by atoms with Crippen LogP contribution in [0.25, 0.3) is 0 Å². The summed E-state index contributed by atoms with van der Waals surface area (Å²) in [4.78, 5) is 0.0521. The molecule has 7 nitrogen and oxygen atoms in total. The summed E-state index contributed by atoms with van der Waals surface area (Å²) < 4.78 is 50.2. The number of hydrogen-bond donors (Lipinski definition) is 1. The average molecular weight is 422 g/mol. The maximum Gasteiger partial charge on any atom is 0.244 e. The largest absolute Gasteiger partial charge is 0.497 e. The Morgan fingerprint density at radius 3 is 2.14 bits per heavy atom. The predicted molar refractivity (Wildman–Crippen MR) is 109 cm³/mol. The molecule has 2 aromatic carbocycles. The Hall–Kier alpha value is -2.29. The van der Waals surface area contributed by atoms with E-state index in [9.17, 15) is 8.42 Å². The van der Waals surface area contributed by atoms with E-state index >= 15 is 0 Å². The van der Waals surface area contributed by atoms with Gasteiger partial charge in [-0.25, -0.2) is 13.1 Å². The molecule has 2 aromatic rings. The summed E-state index contributed by atoms with van der Waals surface area (Å²) in [5.74, 6) is 1.48. The van der Waals surface area contributed by atoms with Gasteiger partial charge in [-0.15, -0.1) is 0 Å². The lowest BCUT2D eigenvalue weighted by atomic mass is 9.74. The van der Waals surface area contributed by atoms with E-state index in [0.29, 0.717) is 19.0 Å². The monoisotopic (exact) mass is 421 g/mol. The zero-order valence-electron chi connectivity index (χ0n) is 16.9. The summed E-state index contributed by atoms with van der Waals surface area (Å²) in [7, 11) is 0.740. The Morgan fingerprint density at radius 1 is 0.931 bits per heavy atom. The van der Waals surface area contributed by atoms with Gasteiger partial charge in [-0.1, -0.05) is 12.1 Å². The highest BCUT2D eigenvalue weighted by atomic mass is 32.2. The van der Waals surface area contributed by atoms with Gasteiger partial charge in [-0.2, -0.15) is 0 Å². The maximum absolute atomic E-state index is 13.1. The Labute approximate surface area is 172 Å². The van der Waals surface area contributed by atoms with Crippen LogP contribution in [0.3, 0.4) is 0 Å². The molecule has 0 aliphatic carbocycles. The lowest BCUT2D eigenvalue weighted by molar-refractivity contribution is 0.0517. The third-order valence-electron chi connectivity index (χ3n) is 5.41. The molecule has 0 bridgehead atoms. The van der Waals surface area contributed by atoms with Gasteiger partial charge < -0.3 is 18.9 Å². The highest BCUT2D eigenvalue weighted by molar-refractivity contribution is 7.89. The number of sulfonamides is 1. The van der Waals surface area contributed by atoms with Crippen LogP contribution in [0.1, 0.15) is 18.4 Å². The molecular weight excluding hydrogens is 394 g/mol. The van der Waals surface area contributed by atoms with Crippen LogP contribution in [0.4, 0.5) is 0 Å². The number of nitrogens with one attached hydrogen (secondary N) is 1. The van der Waals surface area contributed by atoms with Crippen molar-refractivity contribution in [2.24, 2.45) is 0 Å². The van der Waals surface area contributed by atoms with Gasteiger partial charge in [0.15, 0.2) is 0 Å². The Bertz CT molecular complexity index is 921. The molecule has 1 heterocycles. The minimum Gasteiger partial charge on any atom is -0.497 e. The van der Waals surface area contributed by atoms with Gasteiger partial charge in [-0.05, 0) is 42.7 Å². The zero-order chi connectivity index (χ0) is 20.9. The van der Waals surface area contributed by atoms with Crippen molar-refractivity contribution in [1.82, 2.24) is 4.72 Å². The van der Waals surface area contributed by atoms with Gasteiger partial charge >= 0.3 is 0 Å². The van der Waals surface area contributed by atoms with Gasteiger partial charge in [0, 0.05) is 31.2 Å². The summed E-state index contributed by atoms with van der Waals surface area (Å²) in [5.41, 5.74) is 0.700. The van der Waals surface area contributed by atoms with Crippen LogP contribution in [0.2, 0.25) is 0 Å². The van der Waals surface area contributed by atoms with E-state index in [1.54, 1.807) is 19.2 Å². The van der Waals surface area contributed by atoms with E-state index in [4.69, 9.17) is 18.9 Å². The van der Waals surface area contributed by atoms with Crippen molar-refractivity contribution in [2.75, 3.05) is 41.1 Å². The van der Waals surface area contributed by atoms with Crippen LogP contribution in [0.5, 0.6) is 17.2 Å². The molecule has 0 aromatic heterocycles. The van der Waals surface area contributed by atoms with Gasteiger partial charge in [0.05, 0.1) is 21.3 Å². The summed E-state index contributed by atoms with van der Waals surface area (Å²) in [6, 6.07) is 12.5. The highest BCUT2D eigenvalue weighted by Gasteiger charge is 2.36. The maximum atomic E-state index is 13.1. The number of hydrogen-bond acceptors (Lipinski definition) is 6. The lowest BCUT2D eigenvalue weighted by Gasteiger charge is -2.38. The van der Waals surface area contributed by atoms with Crippen LogP contribution in [-0.2, 0) is 20.2 Å². The molecule has 0 spiro atoms. The molecule has 1 saturated heterocycles. The fraction of sp³-hybridized carbons (Fsp3) is 0.429. The second-order valence-electron chi connectivity index (χ2n) is 6.96. The smallest absolute Gasteiger partial charge is 0.244 e. The topological polar surface area (TPSA) is 83.1 Å². The summed E-state index contributed by atoms with van der Waals surface area (Å²) in [5, 5.41) is 0. The third kappa shape index (κ3) is 4.66. The second kappa shape index (κ2) is 9.02. The first kappa shape index (κ1) is 21.4. The van der Waals surface area contributed by atoms with Crippen molar-refractivity contribution < 1.29 is 27.4 Å². The predicted octanol–water partition coefficient (Wildman–Crippen LogP) is 2.74. The van der Waals surface area contributed by atoms with E-state index in [2.05, 4.69) is 4.72 Å². The second-order valence-corrected chi connectivity index (χ2v) is 8.70. The molecule has 0 amide bonds. The molecule has 3 rings (SSSR count). The standard InChI is InChI=1S/C21H27NO6S/c1-25-17-6-4-16(5-7-17)21(10-12-28-13-11-21)15-22-29(23,24)20-14-18(26-2)8-9-19(20)27-3/h4-9,14,22H,10-13,15H2,1-3H3. The molecule has 0 atom stereocenters. The van der Waals surface area contributed by atoms with E-state index in [1.165, 1.54) is 20.3 Å². The first-order chi connectivity index (χ1) is 13.9. The minimum absolute atomic E-state index is 0.0521. The molecule has 0 unspecified atom stereocenters. The first-order valence-electron chi connectivity index (χ1n) is 9.38. The number of ether oxygens (including phenoxy) is 4. The van der Waals surface area contributed by atoms with Crippen molar-refractivity contribution in [3.63, 3.8) is 0 Å². The summed E-state index contributed by atoms with van der Waals surface area (Å²) in [6.45, 7) is 1.41. The van der Waals surface area contributed by atoms with Crippen LogP contribution in [-0.4, -0.2) is 49.5 Å². The van der Waals surface area contributed by atoms with Crippen molar-refractivity contribution >= 4 is 10.0 Å². The molecule has 1 aliphatic heterocycles. The number of benzene rings is 2. The van der Waals surface area contributed by atoms with Crippen LogP contribution >= 0.6 is 0 Å². The van der Waals surface area contributed by atoms with Gasteiger partial charge in [-0.3, -0.25) is 0 Å². The Balaban J connectivity index is 1.89. The van der Waals surface area contributed by atoms with Crippen molar-refractivity contribution in [2.45, 2.75) is 23.2 Å². The summed E-state index contributed by atoms with van der Waals surface area (Å²) in [6.07, 6.45) is 1.44. The van der Waals surface area contributed by atoms with E-state index < -0.39 is 10.0 Å². The van der Waals surface area contributed by atoms with Gasteiger partial charge in [0.25, 0.3) is 0 Å². The Kier molecular flexibility index (Phi) is 6.66. The van der Waals surface area contributed by atoms with Crippen molar-refractivity contribution in [1.29, 1.82) is 0 Å². The zero-order valence-corrected chi connectivity index (χ0v) is 17.8. The fourth-order valence-corrected chi connectivity index (χ4v) is 4.89. The minimum atomic E-state index is -3.81. The molecule has 1 N–H and O–H groups in total. The molecule has 1 aliphatic rings. The molecule has 8 heteroatoms. The van der Waals surface area contributed by atoms with Crippen molar-refractivity contribution in [3.05, 3.63) is 48.0 Å². The molecule has 0 saturated carbocycles. The quantitative estimate of drug-likeness (QED) is 0.706. The SMILES string of the molecule is COc1ccc(C2(CNS(=O)(=O)c3cc(OC)ccc3OC)CCOCC2)cc1. The van der Waals surface area contributed by atoms with Gasteiger partial charge in [0.2, 0.25) is 10.0 Å². The van der Waals surface area contributed by atoms with Gasteiger partial charge in [0.1, 0.15) is 22.1 Å². The van der Waals surface area contributed by atoms with E-state index in [1.807, 2.05) is 24.3 Å². The molecule has 1 fully saturated rings. The number of rotatable bonds is 8. The first-order valence-corrected chi connectivity index (χ1v) is 10.9. The molecule has 158 valence electrons.